The quantitative estimate of drug-likeness (QED) is 0.168. The maximum atomic E-state index is 11.6. The molecule has 1 aliphatic heterocycles. The molecule has 10 nitrogen and oxygen atoms in total. The summed E-state index contributed by atoms with van der Waals surface area (Å²) in [6.07, 6.45) is -0.410. The van der Waals surface area contributed by atoms with Crippen LogP contribution in [-0.4, -0.2) is 61.4 Å². The number of aromatic amines is 1. The van der Waals surface area contributed by atoms with Gasteiger partial charge in [0, 0.05) is 5.75 Å². The van der Waals surface area contributed by atoms with Gasteiger partial charge in [0.05, 0.1) is 0 Å². The Bertz CT molecular complexity index is 679. The van der Waals surface area contributed by atoms with Crippen LogP contribution in [0.5, 0.6) is 0 Å². The fourth-order valence-electron chi connectivity index (χ4n) is 1.87. The summed E-state index contributed by atoms with van der Waals surface area (Å²) in [6, 6.07) is -0.816. The fourth-order valence-corrected chi connectivity index (χ4v) is 3.13. The van der Waals surface area contributed by atoms with Crippen LogP contribution in [0.15, 0.2) is 15.8 Å². The van der Waals surface area contributed by atoms with Gasteiger partial charge in [-0.25, -0.2) is 0 Å². The molecule has 12 heteroatoms. The zero-order valence-electron chi connectivity index (χ0n) is 12.7. The van der Waals surface area contributed by atoms with Crippen molar-refractivity contribution < 1.29 is 51.0 Å². The summed E-state index contributed by atoms with van der Waals surface area (Å²) in [5.74, 6) is -0.815. The van der Waals surface area contributed by atoms with Gasteiger partial charge in [-0.1, -0.05) is 0 Å². The zero-order chi connectivity index (χ0) is 18.4. The number of hydrogen-bond acceptors (Lipinski definition) is 8. The Hall–Kier alpha value is -0.725. The van der Waals surface area contributed by atoms with E-state index in [0.29, 0.717) is 3.07 Å². The number of carboxylic acids is 1. The molecule has 130 valence electrons. The molecule has 24 heavy (non-hydrogen) atoms. The van der Waals surface area contributed by atoms with Crippen LogP contribution < -0.4 is 20.1 Å². The molecule has 0 bridgehead atoms. The molecule has 2 rings (SSSR count). The van der Waals surface area contributed by atoms with Crippen molar-refractivity contribution in [2.24, 2.45) is 5.73 Å². The van der Waals surface area contributed by atoms with Crippen molar-refractivity contribution in [3.8, 4) is 0 Å². The zero-order valence-corrected chi connectivity index (χ0v) is 19.1. The van der Waals surface area contributed by atoms with Crippen LogP contribution in [0, 0.1) is 0 Å². The summed E-state index contributed by atoms with van der Waals surface area (Å²) >= 11 is 3.74. The van der Waals surface area contributed by atoms with Crippen LogP contribution in [0.1, 0.15) is 12.6 Å². The summed E-state index contributed by atoms with van der Waals surface area (Å²) in [5.41, 5.74) is 4.03. The molecule has 1 aliphatic rings. The van der Waals surface area contributed by atoms with Gasteiger partial charge in [-0.05, 0) is 0 Å². The molecule has 1 aromatic rings. The van der Waals surface area contributed by atoms with E-state index >= 15 is 0 Å². The summed E-state index contributed by atoms with van der Waals surface area (Å²) in [7, 11) is 0. The van der Waals surface area contributed by atoms with Crippen LogP contribution in [0.2, 0.25) is 0 Å². The second kappa shape index (κ2) is 9.68. The molecule has 4 atom stereocenters. The van der Waals surface area contributed by atoms with Crippen molar-refractivity contribution in [2.75, 3.05) is 12.4 Å². The topological polar surface area (TPSA) is 168 Å². The first-order chi connectivity index (χ1) is 11.2. The molecule has 2 heterocycles. The number of carbonyl (C=O) groups is 1. The van der Waals surface area contributed by atoms with E-state index in [-0.39, 0.29) is 50.5 Å². The molecule has 0 amide bonds. The number of carboxylic acid groups (broad SMARTS) is 1. The number of aromatic nitrogens is 2. The summed E-state index contributed by atoms with van der Waals surface area (Å²) < 4.78 is 7.19. The molecule has 1 fully saturated rings. The molecule has 1 unspecified atom stereocenters. The summed E-state index contributed by atoms with van der Waals surface area (Å²) in [4.78, 5) is 34.8. The molecule has 0 saturated carbocycles. The molecule has 1 saturated heterocycles. The van der Waals surface area contributed by atoms with E-state index in [2.05, 4.69) is 17.6 Å². The van der Waals surface area contributed by atoms with E-state index in [1.165, 1.54) is 10.8 Å². The Labute approximate surface area is 158 Å². The summed E-state index contributed by atoms with van der Waals surface area (Å²) in [5, 5.41) is 26.5. The average molecular weight is 549 g/mol. The van der Waals surface area contributed by atoms with E-state index < -0.39 is 36.1 Å². The third kappa shape index (κ3) is 5.67. The van der Waals surface area contributed by atoms with E-state index in [4.69, 9.17) is 20.7 Å². The van der Waals surface area contributed by atoms with Gasteiger partial charge in [-0.15, -0.1) is 0 Å². The average Bonchev–Trinajstić information content (AvgIpc) is 2.91. The molecule has 1 aromatic heterocycles. The van der Waals surface area contributed by atoms with Gasteiger partial charge in [-0.3, -0.25) is 4.79 Å². The first-order valence-electron chi connectivity index (χ1n) is 6.92. The SMILES string of the molecule is NC(CS)C(=O)O.O=c1[nH]c(=O)n([C@H]2C[C@H](O)[C@@H](CO)O2)c[c]1[Hg+]. The van der Waals surface area contributed by atoms with Crippen LogP contribution in [-0.2, 0) is 35.7 Å². The molecule has 0 radical (unpaired) electrons. The molecular weight excluding hydrogens is 531 g/mol. The molecule has 6 N–H and O–H groups in total. The van der Waals surface area contributed by atoms with Gasteiger partial charge in [0.25, 0.3) is 0 Å². The van der Waals surface area contributed by atoms with Crippen LogP contribution >= 0.6 is 12.6 Å². The first kappa shape index (κ1) is 21.3. The van der Waals surface area contributed by atoms with Gasteiger partial charge in [-0.2, -0.15) is 12.6 Å². The normalized spacial score (nSPS) is 24.2. The molecular formula is C12H18HgN3O7S+. The molecule has 0 aromatic carbocycles. The minimum atomic E-state index is -1.00. The van der Waals surface area contributed by atoms with Gasteiger partial charge in [0.1, 0.15) is 6.04 Å². The number of nitrogens with two attached hydrogens (primary N) is 1. The fraction of sp³-hybridized carbons (Fsp3) is 0.583. The number of ether oxygens (including phenoxy) is 1. The monoisotopic (exact) mass is 550 g/mol. The van der Waals surface area contributed by atoms with Gasteiger partial charge in [0.15, 0.2) is 0 Å². The Morgan fingerprint density at radius 2 is 2.21 bits per heavy atom. The number of aliphatic carboxylic acids is 1. The number of nitrogens with zero attached hydrogens (tertiary/aromatic N) is 1. The number of hydrogen-bond donors (Lipinski definition) is 6. The van der Waals surface area contributed by atoms with E-state index in [1.54, 1.807) is 0 Å². The van der Waals surface area contributed by atoms with Crippen molar-refractivity contribution in [1.29, 1.82) is 0 Å². The second-order valence-electron chi connectivity index (χ2n) is 5.06. The number of aliphatic hydroxyl groups is 2. The van der Waals surface area contributed by atoms with Crippen molar-refractivity contribution >= 4 is 21.7 Å². The standard InChI is InChI=1S/C9H11N2O5.C3H7NO2S.Hg/c12-4-6-5(13)3-8(16-6)11-2-1-7(14)10-9(11)15;4-2(1-7)3(5)6;/h2,5-6,8,12-13H,3-4H2,(H,10,14,15);2,7H,1,4H2,(H,5,6);/q;;+1/t5-,6+,8+;;/m0../s1. The van der Waals surface area contributed by atoms with E-state index in [9.17, 15) is 19.5 Å². The van der Waals surface area contributed by atoms with Gasteiger partial charge < -0.3 is 10.8 Å². The minimum absolute atomic E-state index is 0.0895. The maximum absolute atomic E-state index is 11.6. The van der Waals surface area contributed by atoms with Crippen LogP contribution in [0.25, 0.3) is 0 Å². The molecule has 0 spiro atoms. The van der Waals surface area contributed by atoms with Crippen LogP contribution in [0.3, 0.4) is 0 Å². The van der Waals surface area contributed by atoms with Crippen molar-refractivity contribution in [1.82, 2.24) is 9.55 Å². The van der Waals surface area contributed by atoms with Gasteiger partial charge in [0.2, 0.25) is 0 Å². The van der Waals surface area contributed by atoms with Crippen molar-refractivity contribution in [2.45, 2.75) is 30.9 Å². The van der Waals surface area contributed by atoms with Crippen LogP contribution in [0.4, 0.5) is 0 Å². The predicted molar refractivity (Wildman–Crippen MR) is 82.0 cm³/mol. The predicted octanol–water partition coefficient (Wildman–Crippen LogP) is -3.32. The van der Waals surface area contributed by atoms with Crippen molar-refractivity contribution in [3.63, 3.8) is 0 Å². The Kier molecular flexibility index (Phi) is 8.60. The number of thiol groups is 1. The number of rotatable bonds is 4. The Morgan fingerprint density at radius 1 is 1.58 bits per heavy atom. The number of aliphatic hydroxyl groups excluding tert-OH is 2. The number of H-pyrrole nitrogens is 1. The number of nitrogens with one attached hydrogen (secondary N) is 1. The van der Waals surface area contributed by atoms with E-state index in [0.717, 1.165) is 0 Å². The Morgan fingerprint density at radius 3 is 2.62 bits per heavy atom. The Balaban J connectivity index is 0.000000351. The third-order valence-electron chi connectivity index (χ3n) is 3.25. The summed E-state index contributed by atoms with van der Waals surface area (Å²) in [6.45, 7) is -0.299. The van der Waals surface area contributed by atoms with Gasteiger partial charge >= 0.3 is 118 Å². The molecule has 0 aliphatic carbocycles. The third-order valence-corrected chi connectivity index (χ3v) is 5.60. The second-order valence-corrected chi connectivity index (χ2v) is 8.39. The van der Waals surface area contributed by atoms with E-state index in [1.807, 2.05) is 0 Å². The first-order valence-corrected chi connectivity index (χ1v) is 10.3. The van der Waals surface area contributed by atoms with Crippen molar-refractivity contribution in [3.05, 3.63) is 27.0 Å².